The number of fused-ring (bicyclic) bond motifs is 1. The first kappa shape index (κ1) is 23.5. The van der Waals surface area contributed by atoms with Gasteiger partial charge in [-0.3, -0.25) is 9.52 Å². The highest BCUT2D eigenvalue weighted by molar-refractivity contribution is 7.92. The number of nitrogens with one attached hydrogen (secondary N) is 3. The highest BCUT2D eigenvalue weighted by Crippen LogP contribution is 2.39. The van der Waals surface area contributed by atoms with Gasteiger partial charge in [0.2, 0.25) is 10.0 Å². The van der Waals surface area contributed by atoms with Crippen LogP contribution in [0, 0.1) is 0 Å². The first-order chi connectivity index (χ1) is 16.3. The Hall–Kier alpha value is -3.62. The van der Waals surface area contributed by atoms with Gasteiger partial charge < -0.3 is 15.5 Å². The van der Waals surface area contributed by atoms with Gasteiger partial charge in [0, 0.05) is 29.2 Å². The van der Waals surface area contributed by atoms with Crippen molar-refractivity contribution in [1.29, 1.82) is 0 Å². The van der Waals surface area contributed by atoms with Crippen molar-refractivity contribution >= 4 is 44.3 Å². The molecule has 176 valence electrons. The van der Waals surface area contributed by atoms with E-state index >= 15 is 0 Å². The van der Waals surface area contributed by atoms with Crippen molar-refractivity contribution < 1.29 is 13.2 Å². The van der Waals surface area contributed by atoms with Crippen LogP contribution in [0.4, 0.5) is 17.1 Å². The van der Waals surface area contributed by atoms with Crippen LogP contribution in [0.3, 0.4) is 0 Å². The van der Waals surface area contributed by atoms with E-state index in [2.05, 4.69) is 32.4 Å². The maximum atomic E-state index is 13.1. The molecule has 1 aliphatic heterocycles. The molecule has 0 saturated heterocycles. The van der Waals surface area contributed by atoms with Crippen molar-refractivity contribution in [1.82, 2.24) is 4.90 Å². The zero-order chi connectivity index (χ0) is 24.3. The highest BCUT2D eigenvalue weighted by Gasteiger charge is 2.29. The molecule has 0 fully saturated rings. The smallest absolute Gasteiger partial charge is 0.258 e. The number of carbonyl (C=O) groups excluding carboxylic acids is 1. The molecule has 0 aromatic heterocycles. The van der Waals surface area contributed by atoms with Crippen LogP contribution in [-0.2, 0) is 21.4 Å². The second-order valence-corrected chi connectivity index (χ2v) is 10.4. The molecule has 0 spiro atoms. The van der Waals surface area contributed by atoms with Gasteiger partial charge in [-0.15, -0.1) is 0 Å². The van der Waals surface area contributed by atoms with Crippen LogP contribution >= 0.6 is 0 Å². The van der Waals surface area contributed by atoms with Crippen LogP contribution in [0.2, 0.25) is 0 Å². The van der Waals surface area contributed by atoms with Crippen molar-refractivity contribution in [3.05, 3.63) is 89.5 Å². The molecule has 0 aliphatic carbocycles. The first-order valence-corrected chi connectivity index (χ1v) is 12.7. The molecule has 0 bridgehead atoms. The summed E-state index contributed by atoms with van der Waals surface area (Å²) in [6.07, 6.45) is 0. The lowest BCUT2D eigenvalue weighted by Crippen LogP contribution is -2.14. The summed E-state index contributed by atoms with van der Waals surface area (Å²) in [4.78, 5) is 15.2. The molecule has 3 aromatic carbocycles. The molecule has 1 amide bonds. The van der Waals surface area contributed by atoms with Gasteiger partial charge in [-0.25, -0.2) is 8.42 Å². The molecular weight excluding hydrogens is 448 g/mol. The molecule has 7 nitrogen and oxygen atoms in total. The molecular formula is C26H28N4O3S. The number of rotatable bonds is 8. The number of sulfonamides is 1. The van der Waals surface area contributed by atoms with Gasteiger partial charge in [-0.2, -0.15) is 0 Å². The van der Waals surface area contributed by atoms with Gasteiger partial charge >= 0.3 is 0 Å². The molecule has 0 saturated carbocycles. The number of hydrogen-bond donors (Lipinski definition) is 3. The Morgan fingerprint density at radius 3 is 2.26 bits per heavy atom. The lowest BCUT2D eigenvalue weighted by molar-refractivity contribution is -0.110. The molecule has 0 radical (unpaired) electrons. The standard InChI is InChI=1S/C26H28N4O3S/c1-4-34(32,33)29-21-14-15-23-22(16-21)24(26(31)28-23)25(19-8-6-5-7-9-19)27-20-12-10-18(11-13-20)17-30(2)3/h5-16,27,29H,4,17H2,1-3H3,(H,28,31). The van der Waals surface area contributed by atoms with Crippen LogP contribution < -0.4 is 15.4 Å². The van der Waals surface area contributed by atoms with E-state index in [9.17, 15) is 13.2 Å². The van der Waals surface area contributed by atoms with E-state index in [1.165, 1.54) is 5.56 Å². The predicted octanol–water partition coefficient (Wildman–Crippen LogP) is 4.44. The molecule has 4 rings (SSSR count). The van der Waals surface area contributed by atoms with E-state index < -0.39 is 10.0 Å². The lowest BCUT2D eigenvalue weighted by Gasteiger charge is -2.16. The number of benzene rings is 3. The van der Waals surface area contributed by atoms with Gasteiger partial charge in [0.15, 0.2) is 0 Å². The average molecular weight is 477 g/mol. The minimum atomic E-state index is -3.45. The molecule has 0 atom stereocenters. The fraction of sp³-hybridized carbons (Fsp3) is 0.192. The van der Waals surface area contributed by atoms with Crippen molar-refractivity contribution in [2.24, 2.45) is 0 Å². The van der Waals surface area contributed by atoms with E-state index in [0.717, 1.165) is 17.8 Å². The number of carbonyl (C=O) groups is 1. The van der Waals surface area contributed by atoms with Gasteiger partial charge in [0.1, 0.15) is 0 Å². The zero-order valence-electron chi connectivity index (χ0n) is 19.4. The van der Waals surface area contributed by atoms with Crippen LogP contribution in [-0.4, -0.2) is 39.1 Å². The van der Waals surface area contributed by atoms with E-state index in [1.807, 2.05) is 56.6 Å². The van der Waals surface area contributed by atoms with E-state index in [1.54, 1.807) is 25.1 Å². The average Bonchev–Trinajstić information content (AvgIpc) is 3.13. The summed E-state index contributed by atoms with van der Waals surface area (Å²) in [6.45, 7) is 2.41. The van der Waals surface area contributed by atoms with E-state index in [4.69, 9.17) is 0 Å². The fourth-order valence-electron chi connectivity index (χ4n) is 3.82. The summed E-state index contributed by atoms with van der Waals surface area (Å²) in [7, 11) is 0.601. The largest absolute Gasteiger partial charge is 0.354 e. The maximum absolute atomic E-state index is 13.1. The van der Waals surface area contributed by atoms with Crippen molar-refractivity contribution in [3.8, 4) is 0 Å². The Morgan fingerprint density at radius 2 is 1.62 bits per heavy atom. The van der Waals surface area contributed by atoms with Crippen molar-refractivity contribution in [2.75, 3.05) is 35.2 Å². The predicted molar refractivity (Wildman–Crippen MR) is 139 cm³/mol. The van der Waals surface area contributed by atoms with E-state index in [0.29, 0.717) is 28.2 Å². The molecule has 0 unspecified atom stereocenters. The molecule has 34 heavy (non-hydrogen) atoms. The second-order valence-electron chi connectivity index (χ2n) is 8.40. The monoisotopic (exact) mass is 476 g/mol. The summed E-state index contributed by atoms with van der Waals surface area (Å²) in [5.74, 6) is -0.286. The number of nitrogens with zero attached hydrogens (tertiary/aromatic N) is 1. The molecule has 3 N–H and O–H groups in total. The Balaban J connectivity index is 1.79. The molecule has 3 aromatic rings. The van der Waals surface area contributed by atoms with Crippen LogP contribution in [0.15, 0.2) is 72.8 Å². The number of anilines is 3. The molecule has 1 aliphatic rings. The van der Waals surface area contributed by atoms with Crippen LogP contribution in [0.1, 0.15) is 23.6 Å². The molecule has 1 heterocycles. The third kappa shape index (κ3) is 5.30. The Labute approximate surface area is 200 Å². The number of amides is 1. The minimum Gasteiger partial charge on any atom is -0.354 e. The Kier molecular flexibility index (Phi) is 6.72. The summed E-state index contributed by atoms with van der Waals surface area (Å²) in [5, 5.41) is 6.33. The van der Waals surface area contributed by atoms with Gasteiger partial charge in [-0.05, 0) is 62.5 Å². The van der Waals surface area contributed by atoms with Crippen LogP contribution in [0.5, 0.6) is 0 Å². The summed E-state index contributed by atoms with van der Waals surface area (Å²) < 4.78 is 26.7. The Morgan fingerprint density at radius 1 is 0.941 bits per heavy atom. The SMILES string of the molecule is CCS(=O)(=O)Nc1ccc2c(c1)C(=C(Nc1ccc(CN(C)C)cc1)c1ccccc1)C(=O)N2. The van der Waals surface area contributed by atoms with Gasteiger partial charge in [0.05, 0.1) is 17.0 Å². The minimum absolute atomic E-state index is 0.0371. The van der Waals surface area contributed by atoms with Gasteiger partial charge in [0.25, 0.3) is 5.91 Å². The highest BCUT2D eigenvalue weighted by atomic mass is 32.2. The quantitative estimate of drug-likeness (QED) is 0.418. The summed E-state index contributed by atoms with van der Waals surface area (Å²) in [5.41, 5.74) is 5.66. The molecule has 8 heteroatoms. The second kappa shape index (κ2) is 9.70. The fourth-order valence-corrected chi connectivity index (χ4v) is 4.45. The summed E-state index contributed by atoms with van der Waals surface area (Å²) >= 11 is 0. The van der Waals surface area contributed by atoms with Crippen molar-refractivity contribution in [3.63, 3.8) is 0 Å². The third-order valence-electron chi connectivity index (χ3n) is 5.45. The van der Waals surface area contributed by atoms with Crippen molar-refractivity contribution in [2.45, 2.75) is 13.5 Å². The van der Waals surface area contributed by atoms with Crippen LogP contribution in [0.25, 0.3) is 11.3 Å². The van der Waals surface area contributed by atoms with Gasteiger partial charge in [-0.1, -0.05) is 42.5 Å². The Bertz CT molecular complexity index is 1330. The third-order valence-corrected chi connectivity index (χ3v) is 6.76. The lowest BCUT2D eigenvalue weighted by atomic mass is 9.99. The number of hydrogen-bond acceptors (Lipinski definition) is 5. The zero-order valence-corrected chi connectivity index (χ0v) is 20.2. The maximum Gasteiger partial charge on any atom is 0.258 e. The summed E-state index contributed by atoms with van der Waals surface area (Å²) in [6, 6.07) is 22.8. The topological polar surface area (TPSA) is 90.5 Å². The first-order valence-electron chi connectivity index (χ1n) is 11.0. The van der Waals surface area contributed by atoms with E-state index in [-0.39, 0.29) is 11.7 Å². The normalized spacial score (nSPS) is 14.5.